The van der Waals surface area contributed by atoms with Gasteiger partial charge in [0, 0.05) is 25.0 Å². The van der Waals surface area contributed by atoms with Gasteiger partial charge in [-0.2, -0.15) is 0 Å². The third-order valence-corrected chi connectivity index (χ3v) is 5.97. The summed E-state index contributed by atoms with van der Waals surface area (Å²) in [4.78, 5) is 40.7. The first kappa shape index (κ1) is 21.3. The van der Waals surface area contributed by atoms with Gasteiger partial charge in [-0.1, -0.05) is 12.1 Å². The fourth-order valence-electron chi connectivity index (χ4n) is 4.74. The molecule has 2 fully saturated rings. The normalized spacial score (nSPS) is 26.4. The molecule has 0 saturated carbocycles. The van der Waals surface area contributed by atoms with Crippen molar-refractivity contribution in [2.45, 2.75) is 64.3 Å². The molecule has 3 atom stereocenters. The van der Waals surface area contributed by atoms with Crippen molar-refractivity contribution in [2.75, 3.05) is 14.2 Å². The van der Waals surface area contributed by atoms with Crippen molar-refractivity contribution in [1.29, 1.82) is 0 Å². The fourth-order valence-corrected chi connectivity index (χ4v) is 4.74. The first-order valence-corrected chi connectivity index (χ1v) is 10.0. The van der Waals surface area contributed by atoms with Crippen LogP contribution in [-0.4, -0.2) is 55.0 Å². The summed E-state index contributed by atoms with van der Waals surface area (Å²) in [5.74, 6) is -0.670. The highest BCUT2D eigenvalue weighted by Crippen LogP contribution is 2.48. The minimum atomic E-state index is -1.52. The average Bonchev–Trinajstić information content (AvgIpc) is 3.00. The minimum absolute atomic E-state index is 0.0533. The quantitative estimate of drug-likeness (QED) is 0.511. The lowest BCUT2D eigenvalue weighted by Crippen LogP contribution is -2.61. The SMILES string of the molecule is COC(=O)[C@]1(CC(=O)OC(C)C)C(=O)C[C@H]2CC[C@@H]1N2Cc1cccc(OC)c1. The van der Waals surface area contributed by atoms with E-state index < -0.39 is 23.4 Å². The molecule has 0 radical (unpaired) electrons. The molecular formula is C22H29NO6. The largest absolute Gasteiger partial charge is 0.497 e. The van der Waals surface area contributed by atoms with Crippen molar-refractivity contribution >= 4 is 17.7 Å². The molecule has 0 N–H and O–H groups in total. The Morgan fingerprint density at radius 2 is 2.00 bits per heavy atom. The molecule has 0 spiro atoms. The molecule has 2 saturated heterocycles. The molecule has 0 amide bonds. The molecule has 0 unspecified atom stereocenters. The number of rotatable bonds is 7. The number of piperidine rings is 1. The van der Waals surface area contributed by atoms with Crippen LogP contribution in [-0.2, 0) is 30.4 Å². The number of benzene rings is 1. The van der Waals surface area contributed by atoms with E-state index in [9.17, 15) is 14.4 Å². The molecule has 0 aliphatic carbocycles. The van der Waals surface area contributed by atoms with Crippen LogP contribution in [0.2, 0.25) is 0 Å². The van der Waals surface area contributed by atoms with Gasteiger partial charge >= 0.3 is 11.9 Å². The van der Waals surface area contributed by atoms with Gasteiger partial charge in [-0.05, 0) is 44.4 Å². The zero-order chi connectivity index (χ0) is 21.2. The van der Waals surface area contributed by atoms with Crippen LogP contribution >= 0.6 is 0 Å². The van der Waals surface area contributed by atoms with Crippen molar-refractivity contribution in [3.63, 3.8) is 0 Å². The lowest BCUT2D eigenvalue weighted by Gasteiger charge is -2.45. The molecule has 1 aromatic carbocycles. The van der Waals surface area contributed by atoms with Crippen LogP contribution < -0.4 is 4.74 Å². The van der Waals surface area contributed by atoms with Gasteiger partial charge in [-0.25, -0.2) is 0 Å². The van der Waals surface area contributed by atoms with E-state index in [1.54, 1.807) is 21.0 Å². The first-order valence-electron chi connectivity index (χ1n) is 10.0. The molecule has 2 heterocycles. The molecular weight excluding hydrogens is 374 g/mol. The molecule has 2 aliphatic rings. The van der Waals surface area contributed by atoms with Crippen LogP contribution in [0.4, 0.5) is 0 Å². The number of ketones is 1. The van der Waals surface area contributed by atoms with Crippen molar-refractivity contribution in [3.8, 4) is 5.75 Å². The van der Waals surface area contributed by atoms with Gasteiger partial charge in [-0.15, -0.1) is 0 Å². The molecule has 2 bridgehead atoms. The second kappa shape index (κ2) is 8.53. The number of carbonyl (C=O) groups is 3. The lowest BCUT2D eigenvalue weighted by atomic mass is 9.70. The Labute approximate surface area is 171 Å². The van der Waals surface area contributed by atoms with E-state index in [0.29, 0.717) is 13.0 Å². The first-order chi connectivity index (χ1) is 13.8. The van der Waals surface area contributed by atoms with Gasteiger partial charge < -0.3 is 14.2 Å². The van der Waals surface area contributed by atoms with Gasteiger partial charge in [-0.3, -0.25) is 19.3 Å². The number of methoxy groups -OCH3 is 2. The highest BCUT2D eigenvalue weighted by molar-refractivity contribution is 6.08. The van der Waals surface area contributed by atoms with E-state index in [2.05, 4.69) is 4.90 Å². The summed E-state index contributed by atoms with van der Waals surface area (Å²) in [6.45, 7) is 4.05. The van der Waals surface area contributed by atoms with Crippen molar-refractivity contribution in [2.24, 2.45) is 5.41 Å². The summed E-state index contributed by atoms with van der Waals surface area (Å²) < 4.78 is 15.6. The van der Waals surface area contributed by atoms with Crippen molar-refractivity contribution < 1.29 is 28.6 Å². The molecule has 0 aromatic heterocycles. The van der Waals surface area contributed by atoms with E-state index in [1.807, 2.05) is 24.3 Å². The molecule has 158 valence electrons. The summed E-state index contributed by atoms with van der Waals surface area (Å²) in [7, 11) is 2.88. The number of esters is 2. The van der Waals surface area contributed by atoms with Crippen LogP contribution in [0.1, 0.15) is 45.1 Å². The van der Waals surface area contributed by atoms with E-state index in [4.69, 9.17) is 14.2 Å². The predicted molar refractivity (Wildman–Crippen MR) is 105 cm³/mol. The van der Waals surface area contributed by atoms with Gasteiger partial charge in [0.25, 0.3) is 0 Å². The summed E-state index contributed by atoms with van der Waals surface area (Å²) in [6, 6.07) is 7.38. The monoisotopic (exact) mass is 403 g/mol. The number of ether oxygens (including phenoxy) is 3. The average molecular weight is 403 g/mol. The molecule has 7 nitrogen and oxygen atoms in total. The maximum atomic E-state index is 13.1. The fraction of sp³-hybridized carbons (Fsp3) is 0.591. The third kappa shape index (κ3) is 4.01. The van der Waals surface area contributed by atoms with Crippen LogP contribution in [0.5, 0.6) is 5.75 Å². The Kier molecular flexibility index (Phi) is 6.27. The highest BCUT2D eigenvalue weighted by atomic mass is 16.5. The Hall–Kier alpha value is -2.41. The van der Waals surface area contributed by atoms with E-state index in [-0.39, 0.29) is 30.8 Å². The lowest BCUT2D eigenvalue weighted by molar-refractivity contribution is -0.174. The number of hydrogen-bond acceptors (Lipinski definition) is 7. The third-order valence-electron chi connectivity index (χ3n) is 5.97. The maximum Gasteiger partial charge on any atom is 0.321 e. The van der Waals surface area contributed by atoms with Gasteiger partial charge in [0.1, 0.15) is 5.75 Å². The van der Waals surface area contributed by atoms with E-state index in [1.165, 1.54) is 7.11 Å². The van der Waals surface area contributed by atoms with Gasteiger partial charge in [0.05, 0.1) is 26.7 Å². The van der Waals surface area contributed by atoms with Crippen molar-refractivity contribution in [1.82, 2.24) is 4.90 Å². The van der Waals surface area contributed by atoms with Crippen molar-refractivity contribution in [3.05, 3.63) is 29.8 Å². The number of hydrogen-bond donors (Lipinski definition) is 0. The Morgan fingerprint density at radius 1 is 1.24 bits per heavy atom. The van der Waals surface area contributed by atoms with E-state index in [0.717, 1.165) is 17.7 Å². The molecule has 7 heteroatoms. The molecule has 3 rings (SSSR count). The summed E-state index contributed by atoms with van der Waals surface area (Å²) >= 11 is 0. The van der Waals surface area contributed by atoms with Crippen LogP contribution in [0.25, 0.3) is 0 Å². The molecule has 2 aliphatic heterocycles. The second-order valence-corrected chi connectivity index (χ2v) is 8.08. The zero-order valence-corrected chi connectivity index (χ0v) is 17.5. The topological polar surface area (TPSA) is 82.1 Å². The van der Waals surface area contributed by atoms with E-state index >= 15 is 0 Å². The Morgan fingerprint density at radius 3 is 2.66 bits per heavy atom. The zero-order valence-electron chi connectivity index (χ0n) is 17.5. The predicted octanol–water partition coefficient (Wildman–Crippen LogP) is 2.50. The minimum Gasteiger partial charge on any atom is -0.497 e. The molecule has 29 heavy (non-hydrogen) atoms. The number of fused-ring (bicyclic) bond motifs is 2. The van der Waals surface area contributed by atoms with Crippen LogP contribution in [0, 0.1) is 5.41 Å². The Balaban J connectivity index is 1.93. The summed E-state index contributed by atoms with van der Waals surface area (Å²) in [5.41, 5.74) is -0.494. The number of carbonyl (C=O) groups excluding carboxylic acids is 3. The second-order valence-electron chi connectivity index (χ2n) is 8.08. The highest BCUT2D eigenvalue weighted by Gasteiger charge is 2.62. The van der Waals surface area contributed by atoms with Gasteiger partial charge in [0.15, 0.2) is 11.2 Å². The van der Waals surface area contributed by atoms with Crippen LogP contribution in [0.3, 0.4) is 0 Å². The summed E-state index contributed by atoms with van der Waals surface area (Å²) in [6.07, 6.45) is 1.08. The standard InChI is InChI=1S/C22H29NO6/c1-14(2)29-20(25)12-22(21(26)28-4)18-9-8-16(11-19(22)24)23(18)13-15-6-5-7-17(10-15)27-3/h5-7,10,14,16,18H,8-9,11-13H2,1-4H3/t16-,18+,22+/m1/s1. The molecule has 1 aromatic rings. The smallest absolute Gasteiger partial charge is 0.321 e. The number of nitrogens with zero attached hydrogens (tertiary/aromatic N) is 1. The van der Waals surface area contributed by atoms with Gasteiger partial charge in [0.2, 0.25) is 0 Å². The maximum absolute atomic E-state index is 13.1. The Bertz CT molecular complexity index is 791. The number of Topliss-reactive ketones (excluding diaryl/α,β-unsaturated/α-hetero) is 1. The summed E-state index contributed by atoms with van der Waals surface area (Å²) in [5, 5.41) is 0. The van der Waals surface area contributed by atoms with Crippen LogP contribution in [0.15, 0.2) is 24.3 Å².